The van der Waals surface area contributed by atoms with Crippen LogP contribution >= 0.6 is 0 Å². The van der Waals surface area contributed by atoms with Crippen molar-refractivity contribution in [3.8, 4) is 5.69 Å². The van der Waals surface area contributed by atoms with Gasteiger partial charge in [0.25, 0.3) is 5.91 Å². The van der Waals surface area contributed by atoms with Gasteiger partial charge >= 0.3 is 6.18 Å². The van der Waals surface area contributed by atoms with Crippen molar-refractivity contribution >= 4 is 5.91 Å². The maximum atomic E-state index is 12.9. The largest absolute Gasteiger partial charge is 0.416 e. The lowest BCUT2D eigenvalue weighted by atomic mass is 10.1. The summed E-state index contributed by atoms with van der Waals surface area (Å²) in [6.07, 6.45) is -3.03. The smallest absolute Gasteiger partial charge is 0.341 e. The van der Waals surface area contributed by atoms with Crippen LogP contribution < -0.4 is 0 Å². The number of nitrogens with zero attached hydrogens (tertiary/aromatic N) is 3. The van der Waals surface area contributed by atoms with Crippen LogP contribution in [0, 0.1) is 12.8 Å². The summed E-state index contributed by atoms with van der Waals surface area (Å²) in [5, 5.41) is 4.09. The maximum absolute atomic E-state index is 12.9. The molecule has 130 valence electrons. The van der Waals surface area contributed by atoms with Gasteiger partial charge in [0, 0.05) is 13.6 Å². The standard InChI is InChI=1S/C17H20F3N3O/c1-11(2)10-22(4)16(24)15-9-21-23(12(15)3)14-7-5-6-13(8-14)17(18,19)20/h5-9,11H,10H2,1-4H3. The lowest BCUT2D eigenvalue weighted by Crippen LogP contribution is -2.30. The Morgan fingerprint density at radius 2 is 2.00 bits per heavy atom. The maximum Gasteiger partial charge on any atom is 0.416 e. The number of amides is 1. The summed E-state index contributed by atoms with van der Waals surface area (Å²) in [7, 11) is 1.70. The van der Waals surface area contributed by atoms with Crippen LogP contribution in [-0.4, -0.2) is 34.2 Å². The second kappa shape index (κ2) is 6.67. The fraction of sp³-hybridized carbons (Fsp3) is 0.412. The Hall–Kier alpha value is -2.31. The summed E-state index contributed by atoms with van der Waals surface area (Å²) in [4.78, 5) is 14.1. The molecule has 0 aliphatic carbocycles. The van der Waals surface area contributed by atoms with Gasteiger partial charge in [-0.05, 0) is 31.0 Å². The minimum absolute atomic E-state index is 0.195. The molecule has 1 aromatic carbocycles. The second-order valence-electron chi connectivity index (χ2n) is 6.18. The van der Waals surface area contributed by atoms with Crippen molar-refractivity contribution in [1.29, 1.82) is 0 Å². The Kier molecular flexibility index (Phi) is 5.01. The molecule has 0 aliphatic heterocycles. The summed E-state index contributed by atoms with van der Waals surface area (Å²) < 4.78 is 39.9. The quantitative estimate of drug-likeness (QED) is 0.846. The molecule has 0 unspecified atom stereocenters. The predicted molar refractivity (Wildman–Crippen MR) is 85.1 cm³/mol. The zero-order valence-electron chi connectivity index (χ0n) is 14.1. The Balaban J connectivity index is 2.35. The Labute approximate surface area is 138 Å². The van der Waals surface area contributed by atoms with E-state index in [-0.39, 0.29) is 11.6 Å². The van der Waals surface area contributed by atoms with Gasteiger partial charge in [0.05, 0.1) is 28.7 Å². The first kappa shape index (κ1) is 18.0. The monoisotopic (exact) mass is 339 g/mol. The molecule has 2 aromatic rings. The van der Waals surface area contributed by atoms with Crippen molar-refractivity contribution in [3.63, 3.8) is 0 Å². The van der Waals surface area contributed by atoms with Gasteiger partial charge in [-0.1, -0.05) is 19.9 Å². The molecule has 2 rings (SSSR count). The number of benzene rings is 1. The third-order valence-electron chi connectivity index (χ3n) is 3.64. The van der Waals surface area contributed by atoms with E-state index in [2.05, 4.69) is 5.10 Å². The predicted octanol–water partition coefficient (Wildman–Crippen LogP) is 3.93. The number of carbonyl (C=O) groups excluding carboxylic acids is 1. The highest BCUT2D eigenvalue weighted by molar-refractivity contribution is 5.95. The number of carbonyl (C=O) groups is 1. The number of hydrogen-bond acceptors (Lipinski definition) is 2. The SMILES string of the molecule is Cc1c(C(=O)N(C)CC(C)C)cnn1-c1cccc(C(F)(F)F)c1. The number of aromatic nitrogens is 2. The van der Waals surface area contributed by atoms with E-state index in [1.54, 1.807) is 18.9 Å². The third kappa shape index (κ3) is 3.77. The highest BCUT2D eigenvalue weighted by Gasteiger charge is 2.30. The lowest BCUT2D eigenvalue weighted by Gasteiger charge is -2.19. The molecule has 0 atom stereocenters. The van der Waals surface area contributed by atoms with Crippen LogP contribution in [0.15, 0.2) is 30.5 Å². The molecule has 0 aliphatic rings. The Morgan fingerprint density at radius 1 is 1.33 bits per heavy atom. The molecule has 0 N–H and O–H groups in total. The summed E-state index contributed by atoms with van der Waals surface area (Å²) in [6.45, 7) is 6.27. The number of alkyl halides is 3. The third-order valence-corrected chi connectivity index (χ3v) is 3.64. The van der Waals surface area contributed by atoms with E-state index in [0.29, 0.717) is 23.7 Å². The van der Waals surface area contributed by atoms with Crippen LogP contribution in [0.2, 0.25) is 0 Å². The van der Waals surface area contributed by atoms with Crippen LogP contribution in [-0.2, 0) is 6.18 Å². The number of halogens is 3. The summed E-state index contributed by atoms with van der Waals surface area (Å²) >= 11 is 0. The molecule has 0 radical (unpaired) electrons. The lowest BCUT2D eigenvalue weighted by molar-refractivity contribution is -0.137. The van der Waals surface area contributed by atoms with E-state index in [1.807, 2.05) is 13.8 Å². The van der Waals surface area contributed by atoms with E-state index < -0.39 is 11.7 Å². The molecule has 1 aromatic heterocycles. The average Bonchev–Trinajstić information content (AvgIpc) is 2.86. The topological polar surface area (TPSA) is 38.1 Å². The van der Waals surface area contributed by atoms with Crippen LogP contribution in [0.25, 0.3) is 5.69 Å². The molecule has 24 heavy (non-hydrogen) atoms. The fourth-order valence-corrected chi connectivity index (χ4v) is 2.53. The molecule has 4 nitrogen and oxygen atoms in total. The first-order valence-corrected chi connectivity index (χ1v) is 7.59. The zero-order chi connectivity index (χ0) is 18.1. The van der Waals surface area contributed by atoms with Crippen LogP contribution in [0.1, 0.15) is 35.5 Å². The summed E-state index contributed by atoms with van der Waals surface area (Å²) in [5.41, 5.74) is 0.415. The van der Waals surface area contributed by atoms with Gasteiger partial charge in [0.2, 0.25) is 0 Å². The molecule has 1 heterocycles. The van der Waals surface area contributed by atoms with Gasteiger partial charge in [-0.25, -0.2) is 4.68 Å². The highest BCUT2D eigenvalue weighted by Crippen LogP contribution is 2.30. The van der Waals surface area contributed by atoms with E-state index in [0.717, 1.165) is 12.1 Å². The molecule has 1 amide bonds. The summed E-state index contributed by atoms with van der Waals surface area (Å²) in [5.74, 6) is 0.122. The normalized spacial score (nSPS) is 11.8. The van der Waals surface area contributed by atoms with E-state index in [1.165, 1.54) is 23.0 Å². The van der Waals surface area contributed by atoms with E-state index in [9.17, 15) is 18.0 Å². The average molecular weight is 339 g/mol. The van der Waals surface area contributed by atoms with Crippen molar-refractivity contribution < 1.29 is 18.0 Å². The Bertz CT molecular complexity index is 735. The minimum atomic E-state index is -4.42. The first-order chi connectivity index (χ1) is 11.1. The van der Waals surface area contributed by atoms with E-state index >= 15 is 0 Å². The number of hydrogen-bond donors (Lipinski definition) is 0. The van der Waals surface area contributed by atoms with Gasteiger partial charge in [0.1, 0.15) is 0 Å². The first-order valence-electron chi connectivity index (χ1n) is 7.59. The van der Waals surface area contributed by atoms with Crippen molar-refractivity contribution in [2.75, 3.05) is 13.6 Å². The molecular formula is C17H20F3N3O. The van der Waals surface area contributed by atoms with Crippen molar-refractivity contribution in [1.82, 2.24) is 14.7 Å². The van der Waals surface area contributed by atoms with Crippen molar-refractivity contribution in [2.24, 2.45) is 5.92 Å². The van der Waals surface area contributed by atoms with Gasteiger partial charge < -0.3 is 4.90 Å². The fourth-order valence-electron chi connectivity index (χ4n) is 2.53. The van der Waals surface area contributed by atoms with Crippen molar-refractivity contribution in [2.45, 2.75) is 26.9 Å². The van der Waals surface area contributed by atoms with Crippen LogP contribution in [0.5, 0.6) is 0 Å². The van der Waals surface area contributed by atoms with Gasteiger partial charge in [-0.3, -0.25) is 4.79 Å². The molecule has 7 heteroatoms. The molecule has 0 fully saturated rings. The second-order valence-corrected chi connectivity index (χ2v) is 6.18. The molecular weight excluding hydrogens is 319 g/mol. The van der Waals surface area contributed by atoms with Gasteiger partial charge in [0.15, 0.2) is 0 Å². The Morgan fingerprint density at radius 3 is 2.58 bits per heavy atom. The van der Waals surface area contributed by atoms with Crippen molar-refractivity contribution in [3.05, 3.63) is 47.3 Å². The molecule has 0 spiro atoms. The zero-order valence-corrected chi connectivity index (χ0v) is 14.1. The minimum Gasteiger partial charge on any atom is -0.341 e. The molecule has 0 saturated heterocycles. The van der Waals surface area contributed by atoms with Gasteiger partial charge in [-0.2, -0.15) is 18.3 Å². The van der Waals surface area contributed by atoms with Gasteiger partial charge in [-0.15, -0.1) is 0 Å². The highest BCUT2D eigenvalue weighted by atomic mass is 19.4. The molecule has 0 saturated carbocycles. The van der Waals surface area contributed by atoms with Crippen LogP contribution in [0.4, 0.5) is 13.2 Å². The summed E-state index contributed by atoms with van der Waals surface area (Å²) in [6, 6.07) is 4.88. The van der Waals surface area contributed by atoms with E-state index in [4.69, 9.17) is 0 Å². The number of rotatable bonds is 4. The molecule has 0 bridgehead atoms. The van der Waals surface area contributed by atoms with Crippen LogP contribution in [0.3, 0.4) is 0 Å².